The van der Waals surface area contributed by atoms with Crippen LogP contribution in [0.2, 0.25) is 5.15 Å². The van der Waals surface area contributed by atoms with E-state index < -0.39 is 6.23 Å². The minimum Gasteiger partial charge on any atom is -0.353 e. The second-order valence-electron chi connectivity index (χ2n) is 6.99. The van der Waals surface area contributed by atoms with Gasteiger partial charge in [-0.2, -0.15) is 0 Å². The van der Waals surface area contributed by atoms with Crippen LogP contribution in [-0.4, -0.2) is 48.0 Å². The normalized spacial score (nSPS) is 15.7. The molecule has 0 N–H and O–H groups in total. The summed E-state index contributed by atoms with van der Waals surface area (Å²) in [5.74, 6) is 0.378. The van der Waals surface area contributed by atoms with Crippen LogP contribution in [0, 0.1) is 0 Å². The maximum atomic E-state index is 13.1. The number of halogens is 2. The summed E-state index contributed by atoms with van der Waals surface area (Å²) in [5, 5.41) is 1.23. The molecular formula is C21H22Cl2N4O2. The van der Waals surface area contributed by atoms with E-state index in [9.17, 15) is 4.79 Å². The van der Waals surface area contributed by atoms with Crippen LogP contribution >= 0.6 is 24.0 Å². The van der Waals surface area contributed by atoms with Gasteiger partial charge in [0, 0.05) is 16.5 Å². The molecule has 3 aromatic rings. The van der Waals surface area contributed by atoms with E-state index in [4.69, 9.17) is 16.3 Å². The summed E-state index contributed by atoms with van der Waals surface area (Å²) in [6, 6.07) is 14.8. The van der Waals surface area contributed by atoms with Crippen LogP contribution in [-0.2, 0) is 4.74 Å². The number of nitrogens with zero attached hydrogens (tertiary/aromatic N) is 4. The van der Waals surface area contributed by atoms with Crippen LogP contribution in [0.5, 0.6) is 0 Å². The Labute approximate surface area is 180 Å². The number of anilines is 1. The smallest absolute Gasteiger partial charge is 0.262 e. The lowest BCUT2D eigenvalue weighted by atomic mass is 10.1. The fraction of sp³-hybridized carbons (Fsp3) is 0.286. The van der Waals surface area contributed by atoms with E-state index in [1.165, 1.54) is 0 Å². The Bertz CT molecular complexity index is 1030. The van der Waals surface area contributed by atoms with E-state index >= 15 is 0 Å². The lowest BCUT2D eigenvalue weighted by Gasteiger charge is -2.25. The van der Waals surface area contributed by atoms with Crippen molar-refractivity contribution in [2.75, 3.05) is 32.1 Å². The van der Waals surface area contributed by atoms with Gasteiger partial charge in [-0.1, -0.05) is 29.8 Å². The largest absolute Gasteiger partial charge is 0.353 e. The van der Waals surface area contributed by atoms with Gasteiger partial charge in [-0.25, -0.2) is 9.97 Å². The second kappa shape index (κ2) is 9.05. The molecule has 1 atom stereocenters. The number of amides is 1. The van der Waals surface area contributed by atoms with Crippen molar-refractivity contribution in [2.24, 2.45) is 0 Å². The Morgan fingerprint density at radius 3 is 2.66 bits per heavy atom. The van der Waals surface area contributed by atoms with Crippen molar-refractivity contribution in [1.29, 1.82) is 0 Å². The zero-order valence-electron chi connectivity index (χ0n) is 16.2. The van der Waals surface area contributed by atoms with Gasteiger partial charge < -0.3 is 9.64 Å². The number of rotatable bonds is 6. The quantitative estimate of drug-likeness (QED) is 0.428. The summed E-state index contributed by atoms with van der Waals surface area (Å²) in [6.07, 6.45) is 0.366. The molecule has 1 aliphatic heterocycles. The number of aromatic nitrogens is 2. The van der Waals surface area contributed by atoms with Crippen LogP contribution in [0.15, 0.2) is 48.5 Å². The van der Waals surface area contributed by atoms with Crippen molar-refractivity contribution in [2.45, 2.75) is 12.6 Å². The van der Waals surface area contributed by atoms with Crippen molar-refractivity contribution in [1.82, 2.24) is 14.9 Å². The predicted octanol–water partition coefficient (Wildman–Crippen LogP) is 4.33. The van der Waals surface area contributed by atoms with E-state index in [2.05, 4.69) is 14.9 Å². The average molecular weight is 433 g/mol. The number of carbonyl (C=O) groups is 1. The van der Waals surface area contributed by atoms with E-state index in [-0.39, 0.29) is 18.3 Å². The van der Waals surface area contributed by atoms with Crippen molar-refractivity contribution >= 4 is 46.8 Å². The fourth-order valence-electron chi connectivity index (χ4n) is 3.35. The number of carbonyl (C=O) groups excluding carboxylic acids is 1. The molecule has 6 nitrogen and oxygen atoms in total. The molecule has 4 rings (SSSR count). The van der Waals surface area contributed by atoms with E-state index in [1.807, 2.05) is 56.6 Å². The summed E-state index contributed by atoms with van der Waals surface area (Å²) in [5.41, 5.74) is 2.00. The third-order valence-electron chi connectivity index (χ3n) is 4.69. The van der Waals surface area contributed by atoms with Gasteiger partial charge in [-0.05, 0) is 57.4 Å². The summed E-state index contributed by atoms with van der Waals surface area (Å²) in [4.78, 5) is 25.7. The fourth-order valence-corrected chi connectivity index (χ4v) is 3.49. The number of hydrogen-bond donors (Lipinski definition) is 0. The zero-order chi connectivity index (χ0) is 19.7. The van der Waals surface area contributed by atoms with Gasteiger partial charge in [0.2, 0.25) is 0 Å². The first-order chi connectivity index (χ1) is 13.5. The molecule has 1 amide bonds. The lowest BCUT2D eigenvalue weighted by molar-refractivity contribution is 0.0479. The molecule has 0 spiro atoms. The Morgan fingerprint density at radius 1 is 1.10 bits per heavy atom. The number of ether oxygens (including phenoxy) is 1. The Morgan fingerprint density at radius 2 is 1.86 bits per heavy atom. The summed E-state index contributed by atoms with van der Waals surface area (Å²) in [7, 11) is 4.05. The average Bonchev–Trinajstić information content (AvgIpc) is 2.97. The molecule has 8 heteroatoms. The number of pyridine rings is 2. The zero-order valence-corrected chi connectivity index (χ0v) is 17.8. The van der Waals surface area contributed by atoms with Crippen LogP contribution in [0.25, 0.3) is 11.0 Å². The van der Waals surface area contributed by atoms with Gasteiger partial charge in [0.25, 0.3) is 5.91 Å². The molecule has 0 aliphatic carbocycles. The third-order valence-corrected chi connectivity index (χ3v) is 4.90. The summed E-state index contributed by atoms with van der Waals surface area (Å²) >= 11 is 6.01. The van der Waals surface area contributed by atoms with Crippen LogP contribution < -0.4 is 4.90 Å². The van der Waals surface area contributed by atoms with Gasteiger partial charge in [-0.3, -0.25) is 9.69 Å². The van der Waals surface area contributed by atoms with Gasteiger partial charge in [0.15, 0.2) is 11.9 Å². The highest BCUT2D eigenvalue weighted by Gasteiger charge is 2.39. The molecule has 2 aromatic heterocycles. The SMILES string of the molecule is CN(C)CCCOC1c2ccccc2C(=O)N1c1ccc2ccc(Cl)nc2n1.Cl. The second-order valence-corrected chi connectivity index (χ2v) is 7.38. The monoisotopic (exact) mass is 432 g/mol. The predicted molar refractivity (Wildman–Crippen MR) is 117 cm³/mol. The maximum absolute atomic E-state index is 13.1. The molecule has 0 radical (unpaired) electrons. The molecule has 152 valence electrons. The van der Waals surface area contributed by atoms with Crippen molar-refractivity contribution < 1.29 is 9.53 Å². The Balaban J connectivity index is 0.00000240. The molecule has 0 saturated carbocycles. The number of benzene rings is 1. The van der Waals surface area contributed by atoms with E-state index in [0.29, 0.717) is 28.8 Å². The van der Waals surface area contributed by atoms with Crippen LogP contribution in [0.1, 0.15) is 28.6 Å². The lowest BCUT2D eigenvalue weighted by Crippen LogP contribution is -2.30. The molecule has 0 fully saturated rings. The topological polar surface area (TPSA) is 58.6 Å². The number of fused-ring (bicyclic) bond motifs is 2. The van der Waals surface area contributed by atoms with E-state index in [0.717, 1.165) is 23.9 Å². The Kier molecular flexibility index (Phi) is 6.70. The maximum Gasteiger partial charge on any atom is 0.262 e. The highest BCUT2D eigenvalue weighted by molar-refractivity contribution is 6.29. The summed E-state index contributed by atoms with van der Waals surface area (Å²) < 4.78 is 6.15. The molecule has 1 unspecified atom stereocenters. The van der Waals surface area contributed by atoms with Crippen molar-refractivity contribution in [3.8, 4) is 0 Å². The Hall–Kier alpha value is -2.25. The van der Waals surface area contributed by atoms with Gasteiger partial charge in [0.05, 0.1) is 6.61 Å². The molecule has 0 saturated heterocycles. The highest BCUT2D eigenvalue weighted by atomic mass is 35.5. The molecule has 1 aromatic carbocycles. The van der Waals surface area contributed by atoms with Gasteiger partial charge in [0.1, 0.15) is 11.0 Å². The van der Waals surface area contributed by atoms with Crippen LogP contribution in [0.4, 0.5) is 5.82 Å². The molecule has 1 aliphatic rings. The molecule has 0 bridgehead atoms. The standard InChI is InChI=1S/C21H21ClN4O2.ClH/c1-25(2)12-5-13-28-21-16-7-4-3-6-15(16)20(27)26(21)18-11-9-14-8-10-17(22)23-19(14)24-18;/h3-4,6-11,21H,5,12-13H2,1-2H3;1H. The van der Waals surface area contributed by atoms with Crippen molar-refractivity contribution in [3.63, 3.8) is 0 Å². The molecule has 3 heterocycles. The first-order valence-corrected chi connectivity index (χ1v) is 9.54. The van der Waals surface area contributed by atoms with Gasteiger partial charge in [-0.15, -0.1) is 12.4 Å². The molecule has 29 heavy (non-hydrogen) atoms. The van der Waals surface area contributed by atoms with E-state index in [1.54, 1.807) is 11.0 Å². The minimum absolute atomic E-state index is 0. The summed E-state index contributed by atoms with van der Waals surface area (Å²) in [6.45, 7) is 1.46. The first-order valence-electron chi connectivity index (χ1n) is 9.17. The highest BCUT2D eigenvalue weighted by Crippen LogP contribution is 2.37. The minimum atomic E-state index is -0.505. The van der Waals surface area contributed by atoms with Crippen LogP contribution in [0.3, 0.4) is 0 Å². The number of hydrogen-bond acceptors (Lipinski definition) is 5. The van der Waals surface area contributed by atoms with Gasteiger partial charge >= 0.3 is 0 Å². The molecular weight excluding hydrogens is 411 g/mol. The third kappa shape index (κ3) is 4.36. The van der Waals surface area contributed by atoms with Crippen molar-refractivity contribution in [3.05, 3.63) is 64.8 Å². The first kappa shape index (κ1) is 21.5.